The van der Waals surface area contributed by atoms with Gasteiger partial charge in [-0.25, -0.2) is 0 Å². The van der Waals surface area contributed by atoms with E-state index in [0.29, 0.717) is 6.54 Å². The molecule has 1 fully saturated rings. The number of likely N-dealkylation sites (tertiary alicyclic amines) is 1. The van der Waals surface area contributed by atoms with Gasteiger partial charge in [0, 0.05) is 25.8 Å². The van der Waals surface area contributed by atoms with Crippen LogP contribution in [0.1, 0.15) is 12.8 Å². The Labute approximate surface area is 96.7 Å². The van der Waals surface area contributed by atoms with E-state index in [4.69, 9.17) is 0 Å². The van der Waals surface area contributed by atoms with Crippen LogP contribution in [0.25, 0.3) is 0 Å². The maximum atomic E-state index is 11.9. The Hall–Kier alpha value is -1.51. The molecule has 1 aliphatic rings. The molecule has 0 bridgehead atoms. The van der Waals surface area contributed by atoms with Gasteiger partial charge in [-0.15, -0.1) is 0 Å². The molecule has 0 radical (unpaired) electrons. The number of amides is 1. The Morgan fingerprint density at radius 3 is 2.50 bits per heavy atom. The molecule has 0 N–H and O–H groups in total. The molecule has 1 saturated heterocycles. The van der Waals surface area contributed by atoms with Crippen molar-refractivity contribution >= 4 is 11.6 Å². The number of likely N-dealkylation sites (N-methyl/N-ethyl adjacent to an activating group) is 1. The first-order valence-electron chi connectivity index (χ1n) is 5.81. The number of hydrogen-bond acceptors (Lipinski definition) is 2. The minimum atomic E-state index is 0.240. The molecule has 0 spiro atoms. The van der Waals surface area contributed by atoms with Crippen LogP contribution in [0.4, 0.5) is 5.69 Å². The molecular formula is C13H18N2O. The Kier molecular flexibility index (Phi) is 3.44. The van der Waals surface area contributed by atoms with Gasteiger partial charge in [0.25, 0.3) is 0 Å². The highest BCUT2D eigenvalue weighted by molar-refractivity contribution is 5.81. The average molecular weight is 218 g/mol. The highest BCUT2D eigenvalue weighted by Crippen LogP contribution is 2.12. The van der Waals surface area contributed by atoms with Gasteiger partial charge >= 0.3 is 0 Å². The molecule has 0 saturated carbocycles. The number of hydrogen-bond donors (Lipinski definition) is 0. The van der Waals surface area contributed by atoms with Crippen molar-refractivity contribution in [3.63, 3.8) is 0 Å². The standard InChI is InChI=1S/C13H18N2O/c1-14(12-7-3-2-4-8-12)11-13(16)15-9-5-6-10-15/h2-4,7-8H,5-6,9-11H2,1H3. The van der Waals surface area contributed by atoms with Gasteiger partial charge in [0.1, 0.15) is 0 Å². The third-order valence-corrected chi connectivity index (χ3v) is 3.03. The van der Waals surface area contributed by atoms with Gasteiger partial charge in [-0.3, -0.25) is 4.79 Å². The molecule has 0 aliphatic carbocycles. The summed E-state index contributed by atoms with van der Waals surface area (Å²) in [6, 6.07) is 10.0. The number of carbonyl (C=O) groups is 1. The van der Waals surface area contributed by atoms with Gasteiger partial charge in [0.15, 0.2) is 0 Å². The fourth-order valence-electron chi connectivity index (χ4n) is 2.04. The number of benzene rings is 1. The van der Waals surface area contributed by atoms with Gasteiger partial charge in [0.2, 0.25) is 5.91 Å². The first-order chi connectivity index (χ1) is 7.77. The summed E-state index contributed by atoms with van der Waals surface area (Å²) in [5, 5.41) is 0. The van der Waals surface area contributed by atoms with E-state index in [1.807, 2.05) is 47.2 Å². The van der Waals surface area contributed by atoms with Gasteiger partial charge < -0.3 is 9.80 Å². The van der Waals surface area contributed by atoms with E-state index >= 15 is 0 Å². The minimum Gasteiger partial charge on any atom is -0.365 e. The van der Waals surface area contributed by atoms with E-state index in [2.05, 4.69) is 0 Å². The van der Waals surface area contributed by atoms with E-state index < -0.39 is 0 Å². The molecule has 3 nitrogen and oxygen atoms in total. The number of rotatable bonds is 3. The summed E-state index contributed by atoms with van der Waals surface area (Å²) < 4.78 is 0. The molecule has 0 atom stereocenters. The summed E-state index contributed by atoms with van der Waals surface area (Å²) in [7, 11) is 1.96. The van der Waals surface area contributed by atoms with Crippen LogP contribution in [0, 0.1) is 0 Å². The van der Waals surface area contributed by atoms with Crippen molar-refractivity contribution in [3.05, 3.63) is 30.3 Å². The summed E-state index contributed by atoms with van der Waals surface area (Å²) in [5.41, 5.74) is 1.09. The zero-order valence-corrected chi connectivity index (χ0v) is 9.72. The van der Waals surface area contributed by atoms with Crippen molar-refractivity contribution in [2.45, 2.75) is 12.8 Å². The fourth-order valence-corrected chi connectivity index (χ4v) is 2.04. The molecule has 2 rings (SSSR count). The van der Waals surface area contributed by atoms with Crippen molar-refractivity contribution in [1.29, 1.82) is 0 Å². The smallest absolute Gasteiger partial charge is 0.242 e. The molecule has 1 aliphatic heterocycles. The molecule has 86 valence electrons. The van der Waals surface area contributed by atoms with E-state index in [9.17, 15) is 4.79 Å². The summed E-state index contributed by atoms with van der Waals surface area (Å²) in [4.78, 5) is 15.9. The van der Waals surface area contributed by atoms with Crippen LogP contribution in [0.2, 0.25) is 0 Å². The monoisotopic (exact) mass is 218 g/mol. The Balaban J connectivity index is 1.92. The molecule has 16 heavy (non-hydrogen) atoms. The Morgan fingerprint density at radius 2 is 1.88 bits per heavy atom. The number of nitrogens with zero attached hydrogens (tertiary/aromatic N) is 2. The van der Waals surface area contributed by atoms with E-state index in [1.165, 1.54) is 0 Å². The van der Waals surface area contributed by atoms with Crippen LogP contribution >= 0.6 is 0 Å². The van der Waals surface area contributed by atoms with Crippen LogP contribution in [0.5, 0.6) is 0 Å². The molecule has 1 heterocycles. The predicted molar refractivity (Wildman–Crippen MR) is 65.5 cm³/mol. The van der Waals surface area contributed by atoms with Crippen LogP contribution < -0.4 is 4.90 Å². The van der Waals surface area contributed by atoms with E-state index in [1.54, 1.807) is 0 Å². The second-order valence-corrected chi connectivity index (χ2v) is 4.28. The zero-order valence-electron chi connectivity index (χ0n) is 9.72. The average Bonchev–Trinajstić information content (AvgIpc) is 2.83. The lowest BCUT2D eigenvalue weighted by Gasteiger charge is -2.22. The first kappa shape index (κ1) is 11.0. The van der Waals surface area contributed by atoms with Crippen molar-refractivity contribution in [2.24, 2.45) is 0 Å². The van der Waals surface area contributed by atoms with Crippen LogP contribution in [-0.2, 0) is 4.79 Å². The van der Waals surface area contributed by atoms with Gasteiger partial charge in [0.05, 0.1) is 6.54 Å². The highest BCUT2D eigenvalue weighted by atomic mass is 16.2. The lowest BCUT2D eigenvalue weighted by Crippen LogP contribution is -2.37. The van der Waals surface area contributed by atoms with Crippen LogP contribution in [0.15, 0.2) is 30.3 Å². The van der Waals surface area contributed by atoms with Gasteiger partial charge in [-0.05, 0) is 25.0 Å². The molecule has 0 aromatic heterocycles. The predicted octanol–water partition coefficient (Wildman–Crippen LogP) is 1.75. The maximum Gasteiger partial charge on any atom is 0.242 e. The summed E-state index contributed by atoms with van der Waals surface area (Å²) in [6.07, 6.45) is 2.31. The third kappa shape index (κ3) is 2.54. The van der Waals surface area contributed by atoms with Crippen molar-refractivity contribution < 1.29 is 4.79 Å². The van der Waals surface area contributed by atoms with Crippen LogP contribution in [0.3, 0.4) is 0 Å². The van der Waals surface area contributed by atoms with Crippen molar-refractivity contribution in [2.75, 3.05) is 31.6 Å². The van der Waals surface area contributed by atoms with Gasteiger partial charge in [-0.1, -0.05) is 18.2 Å². The van der Waals surface area contributed by atoms with Gasteiger partial charge in [-0.2, -0.15) is 0 Å². The van der Waals surface area contributed by atoms with E-state index in [-0.39, 0.29) is 5.91 Å². The second kappa shape index (κ2) is 5.01. The molecule has 3 heteroatoms. The zero-order chi connectivity index (χ0) is 11.4. The quantitative estimate of drug-likeness (QED) is 0.771. The second-order valence-electron chi connectivity index (χ2n) is 4.28. The number of para-hydroxylation sites is 1. The summed E-state index contributed by atoms with van der Waals surface area (Å²) in [6.45, 7) is 2.34. The number of carbonyl (C=O) groups excluding carboxylic acids is 1. The van der Waals surface area contributed by atoms with Crippen molar-refractivity contribution in [3.8, 4) is 0 Å². The highest BCUT2D eigenvalue weighted by Gasteiger charge is 2.18. The fraction of sp³-hybridized carbons (Fsp3) is 0.462. The summed E-state index contributed by atoms with van der Waals surface area (Å²) >= 11 is 0. The van der Waals surface area contributed by atoms with Crippen molar-refractivity contribution in [1.82, 2.24) is 4.90 Å². The maximum absolute atomic E-state index is 11.9. The summed E-state index contributed by atoms with van der Waals surface area (Å²) in [5.74, 6) is 0.240. The Morgan fingerprint density at radius 1 is 1.25 bits per heavy atom. The molecule has 1 amide bonds. The molecule has 0 unspecified atom stereocenters. The van der Waals surface area contributed by atoms with Crippen LogP contribution in [-0.4, -0.2) is 37.5 Å². The lowest BCUT2D eigenvalue weighted by molar-refractivity contribution is -0.128. The third-order valence-electron chi connectivity index (χ3n) is 3.03. The lowest BCUT2D eigenvalue weighted by atomic mass is 10.3. The molecular weight excluding hydrogens is 200 g/mol. The first-order valence-corrected chi connectivity index (χ1v) is 5.81. The van der Waals surface area contributed by atoms with E-state index in [0.717, 1.165) is 31.6 Å². The Bertz CT molecular complexity index is 344. The molecule has 1 aromatic carbocycles. The normalized spacial score (nSPS) is 15.2. The number of anilines is 1. The minimum absolute atomic E-state index is 0.240. The molecule has 1 aromatic rings. The SMILES string of the molecule is CN(CC(=O)N1CCCC1)c1ccccc1. The topological polar surface area (TPSA) is 23.6 Å². The largest absolute Gasteiger partial charge is 0.365 e.